The number of amides is 1. The van der Waals surface area contributed by atoms with E-state index in [1.165, 1.54) is 7.11 Å². The Morgan fingerprint density at radius 1 is 1.28 bits per heavy atom. The van der Waals surface area contributed by atoms with Gasteiger partial charge in [0.15, 0.2) is 0 Å². The van der Waals surface area contributed by atoms with Gasteiger partial charge in [0.05, 0.1) is 7.11 Å². The zero-order valence-corrected chi connectivity index (χ0v) is 15.2. The van der Waals surface area contributed by atoms with Gasteiger partial charge in [0.1, 0.15) is 11.6 Å². The first-order chi connectivity index (χ1) is 11.4. The van der Waals surface area contributed by atoms with E-state index < -0.39 is 29.7 Å². The molecule has 0 fully saturated rings. The zero-order valence-electron chi connectivity index (χ0n) is 15.2. The predicted molar refractivity (Wildman–Crippen MR) is 93.0 cm³/mol. The number of hydrogen-bond donors (Lipinski definition) is 3. The smallest absolute Gasteiger partial charge is 0.408 e. The molecule has 0 heterocycles. The standard InChI is InChI=1S/C15H22N2O4.C2H4O2/c1-15(2,3)21-14(19)17-12(13(18)20-4)9-10-6-5-7-11(16)8-10;1-2(3)4/h5-8,12H,9,16H2,1-4H3,(H,17,19);1H3,(H,3,4)/t12-;/m0./s1. The maximum absolute atomic E-state index is 11.8. The van der Waals surface area contributed by atoms with Gasteiger partial charge in [0.25, 0.3) is 5.97 Å². The van der Waals surface area contributed by atoms with Gasteiger partial charge in [-0.25, -0.2) is 9.59 Å². The van der Waals surface area contributed by atoms with Crippen LogP contribution in [0, 0.1) is 0 Å². The summed E-state index contributed by atoms with van der Waals surface area (Å²) in [5.41, 5.74) is 6.47. The van der Waals surface area contributed by atoms with E-state index in [0.29, 0.717) is 5.69 Å². The highest BCUT2D eigenvalue weighted by Crippen LogP contribution is 2.11. The van der Waals surface area contributed by atoms with Gasteiger partial charge in [0.2, 0.25) is 0 Å². The lowest BCUT2D eigenvalue weighted by Crippen LogP contribution is -2.45. The van der Waals surface area contributed by atoms with Crippen LogP contribution in [0.5, 0.6) is 0 Å². The molecule has 8 nitrogen and oxygen atoms in total. The van der Waals surface area contributed by atoms with Crippen LogP contribution < -0.4 is 11.1 Å². The maximum Gasteiger partial charge on any atom is 0.408 e. The van der Waals surface area contributed by atoms with Crippen molar-refractivity contribution in [2.45, 2.75) is 45.8 Å². The molecular formula is C17H26N2O6. The summed E-state index contributed by atoms with van der Waals surface area (Å²) in [5, 5.41) is 9.93. The summed E-state index contributed by atoms with van der Waals surface area (Å²) in [6.45, 7) is 6.33. The molecule has 0 aliphatic carbocycles. The highest BCUT2D eigenvalue weighted by Gasteiger charge is 2.25. The van der Waals surface area contributed by atoms with Gasteiger partial charge in [0, 0.05) is 19.0 Å². The molecule has 0 bridgehead atoms. The largest absolute Gasteiger partial charge is 0.481 e. The molecule has 0 spiro atoms. The highest BCUT2D eigenvalue weighted by molar-refractivity contribution is 5.81. The summed E-state index contributed by atoms with van der Waals surface area (Å²) in [4.78, 5) is 32.6. The zero-order chi connectivity index (χ0) is 19.6. The molecule has 0 aliphatic heterocycles. The monoisotopic (exact) mass is 354 g/mol. The number of carbonyl (C=O) groups excluding carboxylic acids is 2. The molecule has 4 N–H and O–H groups in total. The second kappa shape index (κ2) is 10.2. The number of methoxy groups -OCH3 is 1. The molecule has 1 amide bonds. The molecule has 0 aromatic heterocycles. The first-order valence-electron chi connectivity index (χ1n) is 7.56. The molecule has 140 valence electrons. The number of esters is 1. The van der Waals surface area contributed by atoms with Crippen LogP contribution in [-0.2, 0) is 25.5 Å². The van der Waals surface area contributed by atoms with Crippen molar-refractivity contribution in [1.82, 2.24) is 5.32 Å². The van der Waals surface area contributed by atoms with Crippen LogP contribution >= 0.6 is 0 Å². The van der Waals surface area contributed by atoms with Crippen LogP contribution in [0.1, 0.15) is 33.3 Å². The van der Waals surface area contributed by atoms with Crippen LogP contribution in [-0.4, -0.2) is 41.9 Å². The molecule has 0 unspecified atom stereocenters. The second-order valence-corrected chi connectivity index (χ2v) is 6.19. The van der Waals surface area contributed by atoms with Crippen molar-refractivity contribution in [3.8, 4) is 0 Å². The van der Waals surface area contributed by atoms with Crippen molar-refractivity contribution in [2.75, 3.05) is 12.8 Å². The van der Waals surface area contributed by atoms with Gasteiger partial charge in [-0.15, -0.1) is 0 Å². The number of carboxylic acid groups (broad SMARTS) is 1. The molecule has 0 saturated heterocycles. The Kier molecular flexibility index (Phi) is 9.04. The van der Waals surface area contributed by atoms with Gasteiger partial charge >= 0.3 is 12.1 Å². The van der Waals surface area contributed by atoms with E-state index >= 15 is 0 Å². The summed E-state index contributed by atoms with van der Waals surface area (Å²) in [7, 11) is 1.27. The summed E-state index contributed by atoms with van der Waals surface area (Å²) in [6.07, 6.45) is -0.390. The van der Waals surface area contributed by atoms with Crippen LogP contribution in [0.3, 0.4) is 0 Å². The van der Waals surface area contributed by atoms with E-state index in [2.05, 4.69) is 5.32 Å². The Morgan fingerprint density at radius 2 is 1.84 bits per heavy atom. The minimum Gasteiger partial charge on any atom is -0.481 e. The molecule has 25 heavy (non-hydrogen) atoms. The SMILES string of the molecule is CC(=O)O.COC(=O)[C@H](Cc1cccc(N)c1)NC(=O)OC(C)(C)C. The van der Waals surface area contributed by atoms with Crippen LogP contribution in [0.4, 0.5) is 10.5 Å². The summed E-state index contributed by atoms with van der Waals surface area (Å²) in [6, 6.07) is 6.27. The maximum atomic E-state index is 11.8. The average molecular weight is 354 g/mol. The number of ether oxygens (including phenoxy) is 2. The predicted octanol–water partition coefficient (Wildman–Crippen LogP) is 1.97. The number of alkyl carbamates (subject to hydrolysis) is 1. The van der Waals surface area contributed by atoms with Gasteiger partial charge in [-0.1, -0.05) is 12.1 Å². The number of nitrogens with one attached hydrogen (secondary N) is 1. The minimum atomic E-state index is -0.833. The Bertz CT molecular complexity index is 591. The number of carbonyl (C=O) groups is 3. The molecule has 0 radical (unpaired) electrons. The number of nitrogen functional groups attached to an aromatic ring is 1. The average Bonchev–Trinajstić information content (AvgIpc) is 2.43. The van der Waals surface area contributed by atoms with Gasteiger partial charge in [-0.2, -0.15) is 0 Å². The highest BCUT2D eigenvalue weighted by atomic mass is 16.6. The van der Waals surface area contributed by atoms with Crippen molar-refractivity contribution >= 4 is 23.7 Å². The number of rotatable bonds is 4. The quantitative estimate of drug-likeness (QED) is 0.557. The summed E-state index contributed by atoms with van der Waals surface area (Å²) in [5.74, 6) is -1.37. The summed E-state index contributed by atoms with van der Waals surface area (Å²) < 4.78 is 9.85. The summed E-state index contributed by atoms with van der Waals surface area (Å²) >= 11 is 0. The second-order valence-electron chi connectivity index (χ2n) is 6.19. The van der Waals surface area contributed by atoms with Crippen molar-refractivity contribution in [3.05, 3.63) is 29.8 Å². The van der Waals surface area contributed by atoms with Crippen molar-refractivity contribution < 1.29 is 29.0 Å². The lowest BCUT2D eigenvalue weighted by Gasteiger charge is -2.22. The van der Waals surface area contributed by atoms with E-state index in [9.17, 15) is 9.59 Å². The Balaban J connectivity index is 0.00000129. The molecule has 8 heteroatoms. The van der Waals surface area contributed by atoms with Gasteiger partial charge in [-0.3, -0.25) is 4.79 Å². The fourth-order valence-electron chi connectivity index (χ4n) is 1.74. The van der Waals surface area contributed by atoms with Crippen LogP contribution in [0.2, 0.25) is 0 Å². The van der Waals surface area contributed by atoms with Gasteiger partial charge in [-0.05, 0) is 38.5 Å². The van der Waals surface area contributed by atoms with Crippen molar-refractivity contribution in [2.24, 2.45) is 0 Å². The van der Waals surface area contributed by atoms with E-state index in [4.69, 9.17) is 25.1 Å². The van der Waals surface area contributed by atoms with E-state index in [1.807, 2.05) is 6.07 Å². The fourth-order valence-corrected chi connectivity index (χ4v) is 1.74. The van der Waals surface area contributed by atoms with E-state index in [0.717, 1.165) is 12.5 Å². The number of nitrogens with two attached hydrogens (primary N) is 1. The van der Waals surface area contributed by atoms with Crippen LogP contribution in [0.25, 0.3) is 0 Å². The lowest BCUT2D eigenvalue weighted by atomic mass is 10.1. The number of anilines is 1. The number of aliphatic carboxylic acids is 1. The molecule has 1 aromatic rings. The third kappa shape index (κ3) is 11.4. The Hall–Kier alpha value is -2.77. The van der Waals surface area contributed by atoms with Crippen molar-refractivity contribution in [1.29, 1.82) is 0 Å². The number of benzene rings is 1. The molecule has 0 aliphatic rings. The molecule has 0 saturated carbocycles. The van der Waals surface area contributed by atoms with Gasteiger partial charge < -0.3 is 25.6 Å². The topological polar surface area (TPSA) is 128 Å². The minimum absolute atomic E-state index is 0.275. The van der Waals surface area contributed by atoms with E-state index in [1.54, 1.807) is 39.0 Å². The Labute approximate surface area is 147 Å². The normalized spacial score (nSPS) is 11.4. The third-order valence-corrected chi connectivity index (χ3v) is 2.57. The van der Waals surface area contributed by atoms with Crippen molar-refractivity contribution in [3.63, 3.8) is 0 Å². The molecular weight excluding hydrogens is 328 g/mol. The molecule has 1 aromatic carbocycles. The fraction of sp³-hybridized carbons (Fsp3) is 0.471. The number of hydrogen-bond acceptors (Lipinski definition) is 6. The number of carboxylic acids is 1. The lowest BCUT2D eigenvalue weighted by molar-refractivity contribution is -0.143. The van der Waals surface area contributed by atoms with Crippen LogP contribution in [0.15, 0.2) is 24.3 Å². The first kappa shape index (κ1) is 22.2. The third-order valence-electron chi connectivity index (χ3n) is 2.57. The molecule has 1 atom stereocenters. The Morgan fingerprint density at radius 3 is 2.28 bits per heavy atom. The van der Waals surface area contributed by atoms with E-state index in [-0.39, 0.29) is 6.42 Å². The molecule has 1 rings (SSSR count). The first-order valence-corrected chi connectivity index (χ1v) is 7.56.